The van der Waals surface area contributed by atoms with Crippen molar-refractivity contribution in [3.63, 3.8) is 0 Å². The number of anilines is 3. The smallest absolute Gasteiger partial charge is 0.313 e. The Morgan fingerprint density at radius 3 is 2.57 bits per heavy atom. The molecule has 10 heteroatoms. The van der Waals surface area contributed by atoms with E-state index in [0.717, 1.165) is 31.7 Å². The molecular formula is C20H25FN6O2S. The first-order valence-corrected chi connectivity index (χ1v) is 11.2. The minimum absolute atomic E-state index is 0.133. The molecule has 1 aromatic heterocycles. The molecule has 1 unspecified atom stereocenters. The number of nitro groups is 1. The fourth-order valence-electron chi connectivity index (χ4n) is 3.79. The Morgan fingerprint density at radius 2 is 1.90 bits per heavy atom. The first kappa shape index (κ1) is 20.8. The zero-order chi connectivity index (χ0) is 21.1. The van der Waals surface area contributed by atoms with Crippen LogP contribution >= 0.6 is 11.8 Å². The van der Waals surface area contributed by atoms with E-state index in [1.807, 2.05) is 30.3 Å². The lowest BCUT2D eigenvalue weighted by Crippen LogP contribution is -2.50. The van der Waals surface area contributed by atoms with Gasteiger partial charge < -0.3 is 10.6 Å². The van der Waals surface area contributed by atoms with E-state index >= 15 is 0 Å². The molecule has 0 radical (unpaired) electrons. The number of para-hydroxylation sites is 1. The van der Waals surface area contributed by atoms with Crippen molar-refractivity contribution in [2.24, 2.45) is 5.73 Å². The van der Waals surface area contributed by atoms with Gasteiger partial charge in [-0.05, 0) is 31.0 Å². The summed E-state index contributed by atoms with van der Waals surface area (Å²) in [5.41, 5.74) is 6.50. The maximum atomic E-state index is 14.9. The van der Waals surface area contributed by atoms with Gasteiger partial charge in [0, 0.05) is 43.2 Å². The highest BCUT2D eigenvalue weighted by Crippen LogP contribution is 2.37. The first-order valence-electron chi connectivity index (χ1n) is 10.0. The maximum Gasteiger partial charge on any atom is 0.313 e. The summed E-state index contributed by atoms with van der Waals surface area (Å²) in [5.74, 6) is 1.82. The van der Waals surface area contributed by atoms with Crippen LogP contribution in [0.3, 0.4) is 0 Å². The van der Waals surface area contributed by atoms with Gasteiger partial charge in [0.05, 0.1) is 10.6 Å². The largest absolute Gasteiger partial charge is 0.356 e. The van der Waals surface area contributed by atoms with E-state index in [-0.39, 0.29) is 17.5 Å². The molecule has 8 nitrogen and oxygen atoms in total. The summed E-state index contributed by atoms with van der Waals surface area (Å²) >= 11 is 1.53. The number of aromatic nitrogens is 1. The second kappa shape index (κ2) is 9.15. The molecule has 0 aliphatic carbocycles. The fourth-order valence-corrected chi connectivity index (χ4v) is 4.64. The number of thioether (sulfide) groups is 1. The van der Waals surface area contributed by atoms with Crippen molar-refractivity contribution < 1.29 is 9.31 Å². The van der Waals surface area contributed by atoms with Crippen molar-refractivity contribution in [3.05, 3.63) is 52.6 Å². The van der Waals surface area contributed by atoms with E-state index in [1.54, 1.807) is 11.1 Å². The lowest BCUT2D eigenvalue weighted by Gasteiger charge is -2.40. The van der Waals surface area contributed by atoms with Crippen LogP contribution in [0.4, 0.5) is 27.4 Å². The van der Waals surface area contributed by atoms with E-state index < -0.39 is 11.2 Å². The molecule has 1 aromatic carbocycles. The van der Waals surface area contributed by atoms with E-state index in [9.17, 15) is 14.5 Å². The van der Waals surface area contributed by atoms with Crippen LogP contribution < -0.4 is 15.6 Å². The normalized spacial score (nSPS) is 20.9. The number of nitrogens with two attached hydrogens (primary N) is 1. The third kappa shape index (κ3) is 4.35. The second-order valence-electron chi connectivity index (χ2n) is 7.41. The number of hydrogen-bond acceptors (Lipinski definition) is 8. The predicted molar refractivity (Wildman–Crippen MR) is 118 cm³/mol. The van der Waals surface area contributed by atoms with E-state index in [0.29, 0.717) is 23.8 Å². The number of hydrazine groups is 1. The number of benzene rings is 1. The van der Waals surface area contributed by atoms with Crippen LogP contribution in [0.25, 0.3) is 0 Å². The van der Waals surface area contributed by atoms with Gasteiger partial charge in [0.25, 0.3) is 0 Å². The summed E-state index contributed by atoms with van der Waals surface area (Å²) in [6.07, 6.45) is 0.417. The average Bonchev–Trinajstić information content (AvgIpc) is 2.76. The number of nitrogens with zero attached hydrogens (tertiary/aromatic N) is 5. The monoisotopic (exact) mass is 432 g/mol. The van der Waals surface area contributed by atoms with Crippen molar-refractivity contribution in [2.75, 3.05) is 41.0 Å². The Morgan fingerprint density at radius 1 is 1.17 bits per heavy atom. The molecule has 2 aliphatic heterocycles. The van der Waals surface area contributed by atoms with Gasteiger partial charge in [-0.15, -0.1) is 0 Å². The van der Waals surface area contributed by atoms with Crippen LogP contribution in [0.15, 0.2) is 42.5 Å². The van der Waals surface area contributed by atoms with Crippen LogP contribution in [0.5, 0.6) is 0 Å². The number of pyridine rings is 1. The standard InChI is InChI=1S/C20H25FN6O2S/c21-18-14-30-13-12-25(18)26(16-4-2-1-3-5-16)20-17(27(28)29)6-7-19(23-20)24-10-8-15(22)9-11-24/h1-7,15,18H,8-14,22H2. The van der Waals surface area contributed by atoms with Gasteiger partial charge in [-0.25, -0.2) is 14.4 Å². The van der Waals surface area contributed by atoms with E-state index in [2.05, 4.69) is 9.88 Å². The van der Waals surface area contributed by atoms with Crippen molar-refractivity contribution in [2.45, 2.75) is 25.2 Å². The molecule has 2 saturated heterocycles. The van der Waals surface area contributed by atoms with Gasteiger partial charge in [0.2, 0.25) is 5.82 Å². The highest BCUT2D eigenvalue weighted by Gasteiger charge is 2.34. The molecule has 160 valence electrons. The number of rotatable bonds is 5. The summed E-state index contributed by atoms with van der Waals surface area (Å²) in [4.78, 5) is 18.2. The summed E-state index contributed by atoms with van der Waals surface area (Å²) < 4.78 is 14.9. The lowest BCUT2D eigenvalue weighted by atomic mass is 10.1. The molecule has 0 bridgehead atoms. The van der Waals surface area contributed by atoms with Gasteiger partial charge in [-0.2, -0.15) is 16.8 Å². The average molecular weight is 433 g/mol. The molecule has 2 fully saturated rings. The molecule has 3 heterocycles. The molecule has 2 N–H and O–H groups in total. The van der Waals surface area contributed by atoms with Gasteiger partial charge >= 0.3 is 5.69 Å². The topological polar surface area (TPSA) is 91.8 Å². The lowest BCUT2D eigenvalue weighted by molar-refractivity contribution is -0.384. The number of piperidine rings is 1. The minimum Gasteiger partial charge on any atom is -0.356 e. The van der Waals surface area contributed by atoms with Crippen LogP contribution in [-0.4, -0.2) is 58.4 Å². The zero-order valence-electron chi connectivity index (χ0n) is 16.6. The summed E-state index contributed by atoms with van der Waals surface area (Å²) in [5, 5.41) is 15.0. The Kier molecular flexibility index (Phi) is 6.35. The molecule has 30 heavy (non-hydrogen) atoms. The Bertz CT molecular complexity index is 881. The van der Waals surface area contributed by atoms with Crippen LogP contribution in [0.1, 0.15) is 12.8 Å². The number of alkyl halides is 1. The van der Waals surface area contributed by atoms with Crippen molar-refractivity contribution in [1.82, 2.24) is 9.99 Å². The van der Waals surface area contributed by atoms with Gasteiger partial charge in [-0.1, -0.05) is 18.2 Å². The van der Waals surface area contributed by atoms with Crippen LogP contribution in [0, 0.1) is 10.1 Å². The van der Waals surface area contributed by atoms with Crippen molar-refractivity contribution >= 4 is 34.8 Å². The minimum atomic E-state index is -1.26. The number of halogens is 1. The maximum absolute atomic E-state index is 14.9. The fraction of sp³-hybridized carbons (Fsp3) is 0.450. The molecule has 0 amide bonds. The van der Waals surface area contributed by atoms with Gasteiger partial charge in [0.15, 0.2) is 6.30 Å². The second-order valence-corrected chi connectivity index (χ2v) is 8.56. The van der Waals surface area contributed by atoms with Crippen molar-refractivity contribution in [3.8, 4) is 0 Å². The molecule has 0 spiro atoms. The van der Waals surface area contributed by atoms with Crippen molar-refractivity contribution in [1.29, 1.82) is 0 Å². The summed E-state index contributed by atoms with van der Waals surface area (Å²) in [7, 11) is 0. The highest BCUT2D eigenvalue weighted by atomic mass is 32.2. The SMILES string of the molecule is NC1CCN(c2ccc([N+](=O)[O-])c(N(c3ccccc3)N3CCSCC3F)n2)CC1. The molecule has 4 rings (SSSR count). The zero-order valence-corrected chi connectivity index (χ0v) is 17.4. The molecule has 2 aromatic rings. The van der Waals surface area contributed by atoms with E-state index in [1.165, 1.54) is 22.8 Å². The first-order chi connectivity index (χ1) is 14.5. The molecular weight excluding hydrogens is 407 g/mol. The quantitative estimate of drug-likeness (QED) is 0.437. The molecule has 1 atom stereocenters. The predicted octanol–water partition coefficient (Wildman–Crippen LogP) is 3.31. The third-order valence-electron chi connectivity index (χ3n) is 5.40. The van der Waals surface area contributed by atoms with Gasteiger partial charge in [0.1, 0.15) is 5.82 Å². The Balaban J connectivity index is 1.79. The Hall–Kier alpha value is -2.43. The van der Waals surface area contributed by atoms with Gasteiger partial charge in [-0.3, -0.25) is 10.1 Å². The molecule has 0 saturated carbocycles. The molecule has 2 aliphatic rings. The third-order valence-corrected chi connectivity index (χ3v) is 6.38. The summed E-state index contributed by atoms with van der Waals surface area (Å²) in [6.45, 7) is 1.91. The van der Waals surface area contributed by atoms with Crippen LogP contribution in [-0.2, 0) is 0 Å². The Labute approximate surface area is 179 Å². The summed E-state index contributed by atoms with van der Waals surface area (Å²) in [6, 6.07) is 12.4. The number of hydrogen-bond donors (Lipinski definition) is 1. The highest BCUT2D eigenvalue weighted by molar-refractivity contribution is 7.99. The van der Waals surface area contributed by atoms with E-state index in [4.69, 9.17) is 5.73 Å². The van der Waals surface area contributed by atoms with Crippen LogP contribution in [0.2, 0.25) is 0 Å².